The first-order chi connectivity index (χ1) is 9.28. The van der Waals surface area contributed by atoms with Gasteiger partial charge in [-0.2, -0.15) is 10.2 Å². The van der Waals surface area contributed by atoms with Gasteiger partial charge in [0.2, 0.25) is 0 Å². The fourth-order valence-electron chi connectivity index (χ4n) is 1.90. The van der Waals surface area contributed by atoms with Crippen LogP contribution in [0.25, 0.3) is 11.0 Å². The van der Waals surface area contributed by atoms with Crippen molar-refractivity contribution in [2.45, 2.75) is 13.5 Å². The molecule has 0 atom stereocenters. The summed E-state index contributed by atoms with van der Waals surface area (Å²) in [5, 5.41) is 12.4. The van der Waals surface area contributed by atoms with Crippen molar-refractivity contribution < 1.29 is 0 Å². The van der Waals surface area contributed by atoms with Crippen LogP contribution in [0.4, 0.5) is 5.82 Å². The average molecular weight is 258 g/mol. The first-order valence-corrected chi connectivity index (χ1v) is 6.03. The van der Waals surface area contributed by atoms with E-state index in [1.54, 1.807) is 21.9 Å². The molecule has 0 spiro atoms. The monoisotopic (exact) mass is 258 g/mol. The van der Waals surface area contributed by atoms with Crippen LogP contribution < -0.4 is 5.32 Å². The van der Waals surface area contributed by atoms with E-state index in [1.807, 2.05) is 14.0 Å². The van der Waals surface area contributed by atoms with Gasteiger partial charge < -0.3 is 5.32 Å². The van der Waals surface area contributed by atoms with E-state index in [-0.39, 0.29) is 0 Å². The molecule has 0 radical (unpaired) electrons. The molecular formula is C11H14N8. The molecular weight excluding hydrogens is 244 g/mol. The topological polar surface area (TPSA) is 86.3 Å². The summed E-state index contributed by atoms with van der Waals surface area (Å²) >= 11 is 0. The van der Waals surface area contributed by atoms with Crippen molar-refractivity contribution in [2.75, 3.05) is 11.9 Å². The van der Waals surface area contributed by atoms with Gasteiger partial charge in [0.15, 0.2) is 11.5 Å². The van der Waals surface area contributed by atoms with Gasteiger partial charge in [-0.05, 0) is 6.92 Å². The number of nitrogens with one attached hydrogen (secondary N) is 1. The quantitative estimate of drug-likeness (QED) is 0.730. The second-order valence-electron chi connectivity index (χ2n) is 4.12. The number of anilines is 1. The van der Waals surface area contributed by atoms with Crippen LogP contribution in [0.1, 0.15) is 12.7 Å². The molecule has 3 aromatic rings. The number of nitrogens with zero attached hydrogens (tertiary/aromatic N) is 7. The van der Waals surface area contributed by atoms with Crippen LogP contribution in [0.2, 0.25) is 0 Å². The maximum Gasteiger partial charge on any atom is 0.163 e. The van der Waals surface area contributed by atoms with Crippen LogP contribution in [0.5, 0.6) is 0 Å². The summed E-state index contributed by atoms with van der Waals surface area (Å²) in [6.45, 7) is 3.31. The maximum atomic E-state index is 4.51. The lowest BCUT2D eigenvalue weighted by Crippen LogP contribution is -2.09. The molecule has 0 saturated heterocycles. The zero-order chi connectivity index (χ0) is 13.2. The molecule has 0 saturated carbocycles. The second-order valence-corrected chi connectivity index (χ2v) is 4.12. The van der Waals surface area contributed by atoms with Crippen molar-refractivity contribution in [1.82, 2.24) is 34.5 Å². The van der Waals surface area contributed by atoms with Gasteiger partial charge in [-0.1, -0.05) is 0 Å². The molecule has 1 N–H and O–H groups in total. The Bertz CT molecular complexity index is 684. The van der Waals surface area contributed by atoms with E-state index in [0.717, 1.165) is 23.4 Å². The van der Waals surface area contributed by atoms with Crippen molar-refractivity contribution in [3.05, 3.63) is 24.7 Å². The predicted molar refractivity (Wildman–Crippen MR) is 69.6 cm³/mol. The van der Waals surface area contributed by atoms with Gasteiger partial charge >= 0.3 is 0 Å². The van der Waals surface area contributed by atoms with E-state index in [9.17, 15) is 0 Å². The first-order valence-electron chi connectivity index (χ1n) is 6.03. The molecule has 0 bridgehead atoms. The highest BCUT2D eigenvalue weighted by Gasteiger charge is 2.11. The molecule has 8 nitrogen and oxygen atoms in total. The van der Waals surface area contributed by atoms with Crippen LogP contribution in [0.15, 0.2) is 18.9 Å². The number of hydrogen-bond donors (Lipinski definition) is 1. The number of rotatable bonds is 4. The third kappa shape index (κ3) is 2.12. The lowest BCUT2D eigenvalue weighted by molar-refractivity contribution is 0.653. The average Bonchev–Trinajstić information content (AvgIpc) is 3.01. The Morgan fingerprint density at radius 3 is 2.89 bits per heavy atom. The van der Waals surface area contributed by atoms with Gasteiger partial charge in [0.1, 0.15) is 25.0 Å². The maximum absolute atomic E-state index is 4.51. The van der Waals surface area contributed by atoms with Gasteiger partial charge in [-0.15, -0.1) is 0 Å². The van der Waals surface area contributed by atoms with Gasteiger partial charge in [0.05, 0.1) is 11.6 Å². The molecule has 3 heterocycles. The Morgan fingerprint density at radius 2 is 2.16 bits per heavy atom. The summed E-state index contributed by atoms with van der Waals surface area (Å²) in [4.78, 5) is 12.9. The van der Waals surface area contributed by atoms with Crippen LogP contribution in [-0.4, -0.2) is 41.1 Å². The van der Waals surface area contributed by atoms with E-state index >= 15 is 0 Å². The molecule has 98 valence electrons. The van der Waals surface area contributed by atoms with Gasteiger partial charge in [0.25, 0.3) is 0 Å². The Balaban J connectivity index is 2.06. The second kappa shape index (κ2) is 4.63. The highest BCUT2D eigenvalue weighted by atomic mass is 15.3. The molecule has 0 fully saturated rings. The standard InChI is InChI=1S/C11H14N8/c1-3-13-10-8-4-14-18(2)11(8)17-9(16-10)5-19-7-12-6-15-19/h4,6-7H,3,5H2,1-2H3,(H,13,16,17). The molecule has 3 aromatic heterocycles. The minimum Gasteiger partial charge on any atom is -0.370 e. The van der Waals surface area contributed by atoms with Crippen LogP contribution in [0, 0.1) is 0 Å². The molecule has 3 rings (SSSR count). The molecule has 0 aliphatic rings. The van der Waals surface area contributed by atoms with E-state index in [2.05, 4.69) is 30.5 Å². The number of fused-ring (bicyclic) bond motifs is 1. The number of aromatic nitrogens is 7. The minimum atomic E-state index is 0.486. The van der Waals surface area contributed by atoms with E-state index < -0.39 is 0 Å². The molecule has 0 unspecified atom stereocenters. The Kier molecular flexibility index (Phi) is 2.82. The fourth-order valence-corrected chi connectivity index (χ4v) is 1.90. The minimum absolute atomic E-state index is 0.486. The Morgan fingerprint density at radius 1 is 1.26 bits per heavy atom. The summed E-state index contributed by atoms with van der Waals surface area (Å²) in [6.07, 6.45) is 4.91. The normalized spacial score (nSPS) is 11.1. The Hall–Kier alpha value is -2.51. The summed E-state index contributed by atoms with van der Waals surface area (Å²) in [7, 11) is 1.87. The lowest BCUT2D eigenvalue weighted by Gasteiger charge is -2.07. The fraction of sp³-hybridized carbons (Fsp3) is 0.364. The van der Waals surface area contributed by atoms with E-state index in [0.29, 0.717) is 12.4 Å². The molecule has 0 aliphatic heterocycles. The smallest absolute Gasteiger partial charge is 0.163 e. The third-order valence-corrected chi connectivity index (χ3v) is 2.75. The third-order valence-electron chi connectivity index (χ3n) is 2.75. The highest BCUT2D eigenvalue weighted by Crippen LogP contribution is 2.19. The zero-order valence-electron chi connectivity index (χ0n) is 10.8. The van der Waals surface area contributed by atoms with Gasteiger partial charge in [-0.25, -0.2) is 19.6 Å². The molecule has 8 heteroatoms. The number of aryl methyl sites for hydroxylation is 1. The molecule has 0 amide bonds. The van der Waals surface area contributed by atoms with Crippen LogP contribution in [-0.2, 0) is 13.6 Å². The van der Waals surface area contributed by atoms with Crippen molar-refractivity contribution in [3.63, 3.8) is 0 Å². The first kappa shape index (κ1) is 11.6. The summed E-state index contributed by atoms with van der Waals surface area (Å²) in [6, 6.07) is 0. The van der Waals surface area contributed by atoms with E-state index in [1.165, 1.54) is 6.33 Å². The molecule has 0 aromatic carbocycles. The van der Waals surface area contributed by atoms with Crippen molar-refractivity contribution >= 4 is 16.9 Å². The van der Waals surface area contributed by atoms with Crippen LogP contribution in [0.3, 0.4) is 0 Å². The van der Waals surface area contributed by atoms with Crippen molar-refractivity contribution in [2.24, 2.45) is 7.05 Å². The van der Waals surface area contributed by atoms with Gasteiger partial charge in [-0.3, -0.25) is 4.68 Å². The highest BCUT2D eigenvalue weighted by molar-refractivity contribution is 5.86. The largest absolute Gasteiger partial charge is 0.370 e. The summed E-state index contributed by atoms with van der Waals surface area (Å²) in [5.74, 6) is 1.48. The Labute approximate surface area is 109 Å². The molecule has 19 heavy (non-hydrogen) atoms. The lowest BCUT2D eigenvalue weighted by atomic mass is 10.3. The molecule has 0 aliphatic carbocycles. The van der Waals surface area contributed by atoms with Crippen LogP contribution >= 0.6 is 0 Å². The van der Waals surface area contributed by atoms with Gasteiger partial charge in [0, 0.05) is 13.6 Å². The van der Waals surface area contributed by atoms with Crippen molar-refractivity contribution in [3.8, 4) is 0 Å². The predicted octanol–water partition coefficient (Wildman–Crippen LogP) is 0.435. The SMILES string of the molecule is CCNc1nc(Cn2cncn2)nc2c1cnn2C. The summed E-state index contributed by atoms with van der Waals surface area (Å²) in [5.41, 5.74) is 0.807. The zero-order valence-corrected chi connectivity index (χ0v) is 10.8. The van der Waals surface area contributed by atoms with E-state index in [4.69, 9.17) is 0 Å². The summed E-state index contributed by atoms with van der Waals surface area (Å²) < 4.78 is 3.43. The number of hydrogen-bond acceptors (Lipinski definition) is 6. The van der Waals surface area contributed by atoms with Crippen molar-refractivity contribution in [1.29, 1.82) is 0 Å².